The van der Waals surface area contributed by atoms with E-state index < -0.39 is 0 Å². The van der Waals surface area contributed by atoms with Crippen molar-refractivity contribution in [2.24, 2.45) is 0 Å². The van der Waals surface area contributed by atoms with Crippen molar-refractivity contribution in [1.29, 1.82) is 0 Å². The summed E-state index contributed by atoms with van der Waals surface area (Å²) in [7, 11) is 0. The summed E-state index contributed by atoms with van der Waals surface area (Å²) in [6, 6.07) is 10.9. The molecule has 20 heavy (non-hydrogen) atoms. The van der Waals surface area contributed by atoms with E-state index in [1.807, 2.05) is 24.3 Å². The number of nitrogen functional groups attached to an aromatic ring is 1. The second-order valence-corrected chi connectivity index (χ2v) is 5.26. The molecule has 0 aliphatic carbocycles. The van der Waals surface area contributed by atoms with Crippen molar-refractivity contribution < 1.29 is 0 Å². The first kappa shape index (κ1) is 12.8. The van der Waals surface area contributed by atoms with Gasteiger partial charge in [0.25, 0.3) is 5.56 Å². The summed E-state index contributed by atoms with van der Waals surface area (Å²) in [5, 5.41) is 0.532. The Balaban J connectivity index is 2.18. The molecule has 3 aromatic rings. The number of hydrogen-bond donors (Lipinski definition) is 1. The van der Waals surface area contributed by atoms with Crippen LogP contribution < -0.4 is 11.3 Å². The van der Waals surface area contributed by atoms with Gasteiger partial charge in [-0.3, -0.25) is 14.3 Å². The Bertz CT molecular complexity index is 830. The maximum Gasteiger partial charge on any atom is 0.263 e. The zero-order valence-electron chi connectivity index (χ0n) is 10.5. The second-order valence-electron chi connectivity index (χ2n) is 4.34. The molecule has 1 aromatic carbocycles. The summed E-state index contributed by atoms with van der Waals surface area (Å²) in [4.78, 5) is 21.0. The van der Waals surface area contributed by atoms with Crippen LogP contribution in [0, 0.1) is 0 Å². The Kier molecular flexibility index (Phi) is 3.23. The molecule has 0 unspecified atom stereocenters. The van der Waals surface area contributed by atoms with E-state index in [1.54, 1.807) is 18.3 Å². The Morgan fingerprint density at radius 3 is 2.85 bits per heavy atom. The molecule has 0 bridgehead atoms. The van der Waals surface area contributed by atoms with Gasteiger partial charge in [0, 0.05) is 10.7 Å². The minimum absolute atomic E-state index is 0.167. The zero-order valence-corrected chi connectivity index (χ0v) is 12.0. The van der Waals surface area contributed by atoms with Gasteiger partial charge >= 0.3 is 0 Å². The lowest BCUT2D eigenvalue weighted by atomic mass is 10.2. The molecule has 2 N–H and O–H groups in total. The number of benzene rings is 1. The lowest BCUT2D eigenvalue weighted by molar-refractivity contribution is 0.744. The Morgan fingerprint density at radius 1 is 1.25 bits per heavy atom. The summed E-state index contributed by atoms with van der Waals surface area (Å²) in [6.45, 7) is 0.307. The van der Waals surface area contributed by atoms with Crippen LogP contribution in [-0.4, -0.2) is 14.5 Å². The molecule has 0 radical (unpaired) electrons. The van der Waals surface area contributed by atoms with Gasteiger partial charge in [-0.15, -0.1) is 0 Å². The fourth-order valence-electron chi connectivity index (χ4n) is 2.02. The number of aromatic nitrogens is 3. The van der Waals surface area contributed by atoms with E-state index in [9.17, 15) is 4.79 Å². The van der Waals surface area contributed by atoms with Gasteiger partial charge in [-0.2, -0.15) is 0 Å². The van der Waals surface area contributed by atoms with E-state index in [0.29, 0.717) is 17.4 Å². The fraction of sp³-hybridized carbons (Fsp3) is 0.0714. The maximum absolute atomic E-state index is 12.5. The second kappa shape index (κ2) is 5.05. The molecule has 6 heteroatoms. The molecule has 5 nitrogen and oxygen atoms in total. The standard InChI is InChI=1S/C14H11BrN4O/c15-9-4-5-12-11(7-9)13(20)19(14(16)18-12)8-10-3-1-2-6-17-10/h1-7H,8H2,(H2,16,18). The van der Waals surface area contributed by atoms with Gasteiger partial charge in [0.1, 0.15) is 0 Å². The van der Waals surface area contributed by atoms with E-state index >= 15 is 0 Å². The molecular formula is C14H11BrN4O. The third-order valence-corrected chi connectivity index (χ3v) is 3.49. The van der Waals surface area contributed by atoms with E-state index in [0.717, 1.165) is 10.2 Å². The quantitative estimate of drug-likeness (QED) is 0.781. The van der Waals surface area contributed by atoms with Gasteiger partial charge in [0.15, 0.2) is 0 Å². The summed E-state index contributed by atoms with van der Waals surface area (Å²) < 4.78 is 2.26. The van der Waals surface area contributed by atoms with Crippen molar-refractivity contribution in [3.63, 3.8) is 0 Å². The van der Waals surface area contributed by atoms with E-state index in [2.05, 4.69) is 25.9 Å². The minimum Gasteiger partial charge on any atom is -0.369 e. The van der Waals surface area contributed by atoms with Gasteiger partial charge < -0.3 is 5.73 Å². The van der Waals surface area contributed by atoms with Crippen LogP contribution in [0.25, 0.3) is 10.9 Å². The van der Waals surface area contributed by atoms with Crippen LogP contribution >= 0.6 is 15.9 Å². The first-order valence-corrected chi connectivity index (χ1v) is 6.80. The van der Waals surface area contributed by atoms with Crippen molar-refractivity contribution in [3.8, 4) is 0 Å². The monoisotopic (exact) mass is 330 g/mol. The molecule has 0 atom stereocenters. The Hall–Kier alpha value is -2.21. The predicted octanol–water partition coefficient (Wildman–Crippen LogP) is 2.18. The molecule has 2 heterocycles. The normalized spacial score (nSPS) is 10.8. The van der Waals surface area contributed by atoms with Gasteiger partial charge in [-0.25, -0.2) is 4.98 Å². The predicted molar refractivity (Wildman–Crippen MR) is 81.5 cm³/mol. The highest BCUT2D eigenvalue weighted by atomic mass is 79.9. The smallest absolute Gasteiger partial charge is 0.263 e. The Morgan fingerprint density at radius 2 is 2.10 bits per heavy atom. The topological polar surface area (TPSA) is 73.8 Å². The number of nitrogens with two attached hydrogens (primary N) is 1. The summed E-state index contributed by atoms with van der Waals surface area (Å²) >= 11 is 3.36. The highest BCUT2D eigenvalue weighted by Gasteiger charge is 2.10. The Labute approximate surface area is 123 Å². The van der Waals surface area contributed by atoms with Crippen LogP contribution in [0.1, 0.15) is 5.69 Å². The highest BCUT2D eigenvalue weighted by Crippen LogP contribution is 2.16. The lowest BCUT2D eigenvalue weighted by Crippen LogP contribution is -2.25. The van der Waals surface area contributed by atoms with Crippen LogP contribution in [0.15, 0.2) is 51.9 Å². The lowest BCUT2D eigenvalue weighted by Gasteiger charge is -2.10. The molecule has 0 fully saturated rings. The van der Waals surface area contributed by atoms with Crippen molar-refractivity contribution in [2.75, 3.05) is 5.73 Å². The van der Waals surface area contributed by atoms with Crippen molar-refractivity contribution in [2.45, 2.75) is 6.54 Å². The molecule has 2 aromatic heterocycles. The SMILES string of the molecule is Nc1nc2ccc(Br)cc2c(=O)n1Cc1ccccn1. The average molecular weight is 331 g/mol. The summed E-state index contributed by atoms with van der Waals surface area (Å²) in [5.41, 5.74) is 7.07. The zero-order chi connectivity index (χ0) is 14.1. The summed E-state index contributed by atoms with van der Waals surface area (Å²) in [6.07, 6.45) is 1.68. The first-order chi connectivity index (χ1) is 9.65. The number of pyridine rings is 1. The highest BCUT2D eigenvalue weighted by molar-refractivity contribution is 9.10. The van der Waals surface area contributed by atoms with Crippen LogP contribution in [-0.2, 0) is 6.54 Å². The van der Waals surface area contributed by atoms with E-state index in [-0.39, 0.29) is 11.5 Å². The molecule has 0 spiro atoms. The molecule has 100 valence electrons. The van der Waals surface area contributed by atoms with Crippen molar-refractivity contribution in [3.05, 3.63) is 63.1 Å². The molecule has 0 amide bonds. The third kappa shape index (κ3) is 2.30. The largest absolute Gasteiger partial charge is 0.369 e. The van der Waals surface area contributed by atoms with Gasteiger partial charge in [-0.05, 0) is 30.3 Å². The number of rotatable bonds is 2. The molecule has 0 saturated carbocycles. The number of anilines is 1. The van der Waals surface area contributed by atoms with Crippen LogP contribution in [0.2, 0.25) is 0 Å². The van der Waals surface area contributed by atoms with E-state index in [4.69, 9.17) is 5.73 Å². The van der Waals surface area contributed by atoms with Gasteiger partial charge in [0.2, 0.25) is 5.95 Å². The third-order valence-electron chi connectivity index (χ3n) is 2.99. The van der Waals surface area contributed by atoms with Gasteiger partial charge in [0.05, 0.1) is 23.1 Å². The number of fused-ring (bicyclic) bond motifs is 1. The summed E-state index contributed by atoms with van der Waals surface area (Å²) in [5.74, 6) is 0.190. The van der Waals surface area contributed by atoms with Crippen molar-refractivity contribution in [1.82, 2.24) is 14.5 Å². The molecule has 0 aliphatic heterocycles. The number of hydrogen-bond acceptors (Lipinski definition) is 4. The van der Waals surface area contributed by atoms with Crippen molar-refractivity contribution >= 4 is 32.8 Å². The molecule has 3 rings (SSSR count). The maximum atomic E-state index is 12.5. The molecular weight excluding hydrogens is 320 g/mol. The number of nitrogens with zero attached hydrogens (tertiary/aromatic N) is 3. The van der Waals surface area contributed by atoms with Crippen LogP contribution in [0.5, 0.6) is 0 Å². The van der Waals surface area contributed by atoms with Gasteiger partial charge in [-0.1, -0.05) is 22.0 Å². The van der Waals surface area contributed by atoms with Crippen LogP contribution in [0.4, 0.5) is 5.95 Å². The first-order valence-electron chi connectivity index (χ1n) is 6.00. The van der Waals surface area contributed by atoms with Crippen LogP contribution in [0.3, 0.4) is 0 Å². The van der Waals surface area contributed by atoms with E-state index in [1.165, 1.54) is 4.57 Å². The molecule has 0 saturated heterocycles. The average Bonchev–Trinajstić information content (AvgIpc) is 2.46. The minimum atomic E-state index is -0.167. The molecule has 0 aliphatic rings. The number of halogens is 1. The fourth-order valence-corrected chi connectivity index (χ4v) is 2.38.